The van der Waals surface area contributed by atoms with Gasteiger partial charge in [-0.2, -0.15) is 9.40 Å². The standard InChI is InChI=1S/C15H20N4O2S/c20-22(21,15-6-3-8-16-13-15)19-11-2-1-5-14(19)7-12-18-10-4-9-17-18/h3-4,6,8-10,13-14H,1-2,5,7,11-12H2. The normalized spacial score (nSPS) is 20.1. The Morgan fingerprint density at radius 3 is 2.86 bits per heavy atom. The van der Waals surface area contributed by atoms with Gasteiger partial charge < -0.3 is 0 Å². The summed E-state index contributed by atoms with van der Waals surface area (Å²) in [4.78, 5) is 4.22. The van der Waals surface area contributed by atoms with Gasteiger partial charge in [-0.05, 0) is 37.5 Å². The zero-order valence-electron chi connectivity index (χ0n) is 12.4. The summed E-state index contributed by atoms with van der Waals surface area (Å²) in [5, 5.41) is 4.18. The predicted octanol–water partition coefficient (Wildman–Crippen LogP) is 1.91. The molecule has 3 heterocycles. The van der Waals surface area contributed by atoms with E-state index in [2.05, 4.69) is 10.1 Å². The molecule has 7 heteroatoms. The van der Waals surface area contributed by atoms with Crippen molar-refractivity contribution in [1.29, 1.82) is 0 Å². The van der Waals surface area contributed by atoms with Crippen LogP contribution in [0.4, 0.5) is 0 Å². The van der Waals surface area contributed by atoms with Crippen LogP contribution in [0.1, 0.15) is 25.7 Å². The number of piperidine rings is 1. The number of aryl methyl sites for hydroxylation is 1. The Morgan fingerprint density at radius 2 is 2.14 bits per heavy atom. The molecule has 0 aliphatic carbocycles. The molecule has 0 bridgehead atoms. The molecule has 0 spiro atoms. The molecule has 22 heavy (non-hydrogen) atoms. The quantitative estimate of drug-likeness (QED) is 0.844. The molecule has 0 aromatic carbocycles. The lowest BCUT2D eigenvalue weighted by atomic mass is 10.0. The van der Waals surface area contributed by atoms with Crippen LogP contribution in [0.5, 0.6) is 0 Å². The van der Waals surface area contributed by atoms with Gasteiger partial charge in [0, 0.05) is 43.9 Å². The summed E-state index contributed by atoms with van der Waals surface area (Å²) in [6.07, 6.45) is 10.3. The molecule has 6 nitrogen and oxygen atoms in total. The molecular formula is C15H20N4O2S. The van der Waals surface area contributed by atoms with Crippen molar-refractivity contribution in [2.45, 2.75) is 43.2 Å². The lowest BCUT2D eigenvalue weighted by molar-refractivity contribution is 0.231. The van der Waals surface area contributed by atoms with Gasteiger partial charge in [0.2, 0.25) is 10.0 Å². The average Bonchev–Trinajstić information content (AvgIpc) is 3.07. The zero-order chi connectivity index (χ0) is 15.4. The summed E-state index contributed by atoms with van der Waals surface area (Å²) in [7, 11) is -3.46. The minimum absolute atomic E-state index is 0.0307. The van der Waals surface area contributed by atoms with Crippen LogP contribution in [-0.2, 0) is 16.6 Å². The first kappa shape index (κ1) is 15.2. The minimum Gasteiger partial charge on any atom is -0.273 e. The SMILES string of the molecule is O=S(=O)(c1cccnc1)N1CCCCC1CCn1cccn1. The fourth-order valence-corrected chi connectivity index (χ4v) is 4.62. The van der Waals surface area contributed by atoms with E-state index in [1.807, 2.05) is 16.9 Å². The molecule has 0 N–H and O–H groups in total. The maximum absolute atomic E-state index is 12.8. The largest absolute Gasteiger partial charge is 0.273 e. The van der Waals surface area contributed by atoms with E-state index in [1.165, 1.54) is 6.20 Å². The van der Waals surface area contributed by atoms with E-state index < -0.39 is 10.0 Å². The molecule has 1 aliphatic heterocycles. The van der Waals surface area contributed by atoms with Gasteiger partial charge in [0.1, 0.15) is 4.90 Å². The van der Waals surface area contributed by atoms with E-state index in [0.717, 1.165) is 32.2 Å². The molecule has 1 atom stereocenters. The molecule has 0 amide bonds. The first-order chi connectivity index (χ1) is 10.7. The van der Waals surface area contributed by atoms with Gasteiger partial charge in [-0.3, -0.25) is 9.67 Å². The summed E-state index contributed by atoms with van der Waals surface area (Å²) in [5.41, 5.74) is 0. The van der Waals surface area contributed by atoms with Crippen molar-refractivity contribution in [3.8, 4) is 0 Å². The number of rotatable bonds is 5. The number of hydrogen-bond acceptors (Lipinski definition) is 4. The van der Waals surface area contributed by atoms with Crippen molar-refractivity contribution < 1.29 is 8.42 Å². The van der Waals surface area contributed by atoms with Gasteiger partial charge in [0.25, 0.3) is 0 Å². The highest BCUT2D eigenvalue weighted by Crippen LogP contribution is 2.27. The van der Waals surface area contributed by atoms with Gasteiger partial charge in [-0.15, -0.1) is 0 Å². The first-order valence-electron chi connectivity index (χ1n) is 7.57. The van der Waals surface area contributed by atoms with Crippen molar-refractivity contribution >= 4 is 10.0 Å². The third-order valence-electron chi connectivity index (χ3n) is 4.06. The number of hydrogen-bond donors (Lipinski definition) is 0. The van der Waals surface area contributed by atoms with Crippen molar-refractivity contribution in [3.63, 3.8) is 0 Å². The zero-order valence-corrected chi connectivity index (χ0v) is 13.2. The van der Waals surface area contributed by atoms with E-state index in [0.29, 0.717) is 6.54 Å². The third-order valence-corrected chi connectivity index (χ3v) is 6.00. The highest BCUT2D eigenvalue weighted by molar-refractivity contribution is 7.89. The predicted molar refractivity (Wildman–Crippen MR) is 82.6 cm³/mol. The molecule has 118 valence electrons. The Bertz CT molecular complexity index is 686. The Hall–Kier alpha value is -1.73. The van der Waals surface area contributed by atoms with E-state index in [1.54, 1.807) is 28.8 Å². The molecule has 3 rings (SSSR count). The number of nitrogens with zero attached hydrogens (tertiary/aromatic N) is 4. The number of aromatic nitrogens is 3. The summed E-state index contributed by atoms with van der Waals surface area (Å²) in [6.45, 7) is 1.32. The molecule has 1 aliphatic rings. The van der Waals surface area contributed by atoms with Gasteiger partial charge in [0.05, 0.1) is 0 Å². The fraction of sp³-hybridized carbons (Fsp3) is 0.467. The van der Waals surface area contributed by atoms with Crippen LogP contribution in [0.15, 0.2) is 47.9 Å². The van der Waals surface area contributed by atoms with Crippen LogP contribution in [0.3, 0.4) is 0 Å². The van der Waals surface area contributed by atoms with Crippen LogP contribution >= 0.6 is 0 Å². The monoisotopic (exact) mass is 320 g/mol. The third kappa shape index (κ3) is 3.20. The van der Waals surface area contributed by atoms with Gasteiger partial charge >= 0.3 is 0 Å². The van der Waals surface area contributed by atoms with Crippen molar-refractivity contribution in [3.05, 3.63) is 43.0 Å². The molecular weight excluding hydrogens is 300 g/mol. The Morgan fingerprint density at radius 1 is 1.23 bits per heavy atom. The Balaban J connectivity index is 1.77. The Labute approximate surface area is 130 Å². The maximum Gasteiger partial charge on any atom is 0.244 e. The van der Waals surface area contributed by atoms with Crippen LogP contribution in [0, 0.1) is 0 Å². The topological polar surface area (TPSA) is 68.1 Å². The maximum atomic E-state index is 12.8. The number of pyridine rings is 1. The molecule has 2 aromatic rings. The van der Waals surface area contributed by atoms with Gasteiger partial charge in [-0.1, -0.05) is 6.42 Å². The van der Waals surface area contributed by atoms with Gasteiger partial charge in [0.15, 0.2) is 0 Å². The lowest BCUT2D eigenvalue weighted by Gasteiger charge is -2.34. The molecule has 2 aromatic heterocycles. The second-order valence-electron chi connectivity index (χ2n) is 5.51. The molecule has 1 saturated heterocycles. The summed E-state index contributed by atoms with van der Waals surface area (Å²) in [5.74, 6) is 0. The van der Waals surface area contributed by atoms with Crippen LogP contribution in [0.25, 0.3) is 0 Å². The molecule has 0 radical (unpaired) electrons. The molecule has 1 unspecified atom stereocenters. The fourth-order valence-electron chi connectivity index (χ4n) is 2.93. The summed E-state index contributed by atoms with van der Waals surface area (Å²) >= 11 is 0. The van der Waals surface area contributed by atoms with Crippen molar-refractivity contribution in [2.24, 2.45) is 0 Å². The van der Waals surface area contributed by atoms with Crippen LogP contribution in [-0.4, -0.2) is 40.1 Å². The summed E-state index contributed by atoms with van der Waals surface area (Å²) < 4.78 is 29.1. The van der Waals surface area contributed by atoms with Gasteiger partial charge in [-0.25, -0.2) is 8.42 Å². The van der Waals surface area contributed by atoms with Crippen LogP contribution < -0.4 is 0 Å². The second kappa shape index (κ2) is 6.58. The van der Waals surface area contributed by atoms with E-state index in [4.69, 9.17) is 0 Å². The highest BCUT2D eigenvalue weighted by atomic mass is 32.2. The van der Waals surface area contributed by atoms with Crippen molar-refractivity contribution in [2.75, 3.05) is 6.54 Å². The van der Waals surface area contributed by atoms with E-state index >= 15 is 0 Å². The number of sulfonamides is 1. The van der Waals surface area contributed by atoms with Crippen molar-refractivity contribution in [1.82, 2.24) is 19.1 Å². The first-order valence-corrected chi connectivity index (χ1v) is 9.01. The average molecular weight is 320 g/mol. The molecule has 1 fully saturated rings. The van der Waals surface area contributed by atoms with Crippen LogP contribution in [0.2, 0.25) is 0 Å². The summed E-state index contributed by atoms with van der Waals surface area (Å²) in [6, 6.07) is 5.19. The molecule has 0 saturated carbocycles. The Kier molecular flexibility index (Phi) is 4.54. The van der Waals surface area contributed by atoms with E-state index in [-0.39, 0.29) is 10.9 Å². The van der Waals surface area contributed by atoms with E-state index in [9.17, 15) is 8.42 Å². The minimum atomic E-state index is -3.46. The highest BCUT2D eigenvalue weighted by Gasteiger charge is 2.33. The lowest BCUT2D eigenvalue weighted by Crippen LogP contribution is -2.44. The smallest absolute Gasteiger partial charge is 0.244 e. The second-order valence-corrected chi connectivity index (χ2v) is 7.40.